The maximum absolute atomic E-state index is 4.68. The van der Waals surface area contributed by atoms with Crippen LogP contribution in [0.4, 0.5) is 5.69 Å². The summed E-state index contributed by atoms with van der Waals surface area (Å²) in [6.45, 7) is 9.94. The Balaban J connectivity index is 2.01. The minimum atomic E-state index is 1.07. The van der Waals surface area contributed by atoms with Crippen LogP contribution in [0.5, 0.6) is 0 Å². The third-order valence-electron chi connectivity index (χ3n) is 4.06. The Labute approximate surface area is 128 Å². The number of aromatic nitrogens is 1. The molecule has 20 heavy (non-hydrogen) atoms. The number of pyridine rings is 1. The predicted molar refractivity (Wildman–Crippen MR) is 88.5 cm³/mol. The quantitative estimate of drug-likeness (QED) is 0.839. The number of benzene rings is 1. The molecular weight excluding hydrogens is 314 g/mol. The van der Waals surface area contributed by atoms with Gasteiger partial charge in [0.05, 0.1) is 5.52 Å². The van der Waals surface area contributed by atoms with Crippen LogP contribution in [0.1, 0.15) is 12.6 Å². The number of fused-ring (bicyclic) bond motifs is 1. The lowest BCUT2D eigenvalue weighted by Gasteiger charge is -2.36. The first-order chi connectivity index (χ1) is 9.69. The van der Waals surface area contributed by atoms with Gasteiger partial charge in [-0.25, -0.2) is 0 Å². The molecule has 0 amide bonds. The Kier molecular flexibility index (Phi) is 3.94. The molecule has 3 nitrogen and oxygen atoms in total. The van der Waals surface area contributed by atoms with Crippen LogP contribution in [0.3, 0.4) is 0 Å². The molecule has 0 aliphatic carbocycles. The van der Waals surface area contributed by atoms with Gasteiger partial charge in [0, 0.05) is 47.4 Å². The highest BCUT2D eigenvalue weighted by molar-refractivity contribution is 9.10. The topological polar surface area (TPSA) is 19.4 Å². The average Bonchev–Trinajstić information content (AvgIpc) is 2.48. The molecule has 0 unspecified atom stereocenters. The normalized spacial score (nSPS) is 16.9. The number of hydrogen-bond acceptors (Lipinski definition) is 3. The molecule has 2 aromatic rings. The highest BCUT2D eigenvalue weighted by Crippen LogP contribution is 2.31. The third kappa shape index (κ3) is 2.54. The number of halogens is 1. The second-order valence-corrected chi connectivity index (χ2v) is 6.19. The van der Waals surface area contributed by atoms with E-state index in [0.29, 0.717) is 0 Å². The molecule has 2 heterocycles. The average molecular weight is 334 g/mol. The molecule has 0 atom stereocenters. The standard InChI is InChI=1S/C16H20BrN3/c1-3-19-7-9-20(10-8-19)15-11-12(2)18-16-13(15)5-4-6-14(16)17/h4-6,11H,3,7-10H2,1-2H3. The van der Waals surface area contributed by atoms with Crippen molar-refractivity contribution >= 4 is 32.5 Å². The van der Waals surface area contributed by atoms with E-state index in [2.05, 4.69) is 68.8 Å². The van der Waals surface area contributed by atoms with Crippen LogP contribution in [-0.2, 0) is 0 Å². The SMILES string of the molecule is CCN1CCN(c2cc(C)nc3c(Br)cccc23)CC1. The van der Waals surface area contributed by atoms with Crippen molar-refractivity contribution in [3.63, 3.8) is 0 Å². The van der Waals surface area contributed by atoms with E-state index < -0.39 is 0 Å². The van der Waals surface area contributed by atoms with Crippen LogP contribution in [0, 0.1) is 6.92 Å². The Morgan fingerprint density at radius 1 is 1.20 bits per heavy atom. The Morgan fingerprint density at radius 2 is 1.95 bits per heavy atom. The van der Waals surface area contributed by atoms with Gasteiger partial charge in [0.1, 0.15) is 0 Å². The molecule has 0 N–H and O–H groups in total. The summed E-state index contributed by atoms with van der Waals surface area (Å²) in [5.41, 5.74) is 3.47. The molecule has 4 heteroatoms. The van der Waals surface area contributed by atoms with Crippen molar-refractivity contribution in [2.75, 3.05) is 37.6 Å². The van der Waals surface area contributed by atoms with E-state index in [4.69, 9.17) is 0 Å². The number of anilines is 1. The van der Waals surface area contributed by atoms with Crippen LogP contribution in [0.25, 0.3) is 10.9 Å². The number of para-hydroxylation sites is 1. The van der Waals surface area contributed by atoms with Crippen molar-refractivity contribution in [1.29, 1.82) is 0 Å². The van der Waals surface area contributed by atoms with Crippen LogP contribution < -0.4 is 4.90 Å². The summed E-state index contributed by atoms with van der Waals surface area (Å²) >= 11 is 3.62. The lowest BCUT2D eigenvalue weighted by atomic mass is 10.1. The van der Waals surface area contributed by atoms with E-state index in [1.165, 1.54) is 11.1 Å². The Bertz CT molecular complexity index is 618. The van der Waals surface area contributed by atoms with Crippen molar-refractivity contribution in [2.45, 2.75) is 13.8 Å². The molecule has 0 spiro atoms. The minimum Gasteiger partial charge on any atom is -0.368 e. The summed E-state index contributed by atoms with van der Waals surface area (Å²) in [5.74, 6) is 0. The Morgan fingerprint density at radius 3 is 2.65 bits per heavy atom. The van der Waals surface area contributed by atoms with Crippen molar-refractivity contribution < 1.29 is 0 Å². The fourth-order valence-electron chi connectivity index (χ4n) is 2.89. The van der Waals surface area contributed by atoms with Gasteiger partial charge in [-0.3, -0.25) is 4.98 Å². The van der Waals surface area contributed by atoms with Crippen LogP contribution in [0.15, 0.2) is 28.7 Å². The first-order valence-electron chi connectivity index (χ1n) is 7.22. The molecule has 1 aliphatic rings. The summed E-state index contributed by atoms with van der Waals surface area (Å²) < 4.78 is 1.08. The molecule has 1 saturated heterocycles. The number of likely N-dealkylation sites (N-methyl/N-ethyl adjacent to an activating group) is 1. The molecule has 0 radical (unpaired) electrons. The van der Waals surface area contributed by atoms with Gasteiger partial charge in [-0.1, -0.05) is 19.1 Å². The third-order valence-corrected chi connectivity index (χ3v) is 4.70. The molecule has 1 aliphatic heterocycles. The van der Waals surface area contributed by atoms with Gasteiger partial charge in [-0.2, -0.15) is 0 Å². The van der Waals surface area contributed by atoms with E-state index in [1.54, 1.807) is 0 Å². The van der Waals surface area contributed by atoms with Gasteiger partial charge in [0.2, 0.25) is 0 Å². The molecule has 1 fully saturated rings. The lowest BCUT2D eigenvalue weighted by Crippen LogP contribution is -2.46. The number of rotatable bonds is 2. The van der Waals surface area contributed by atoms with Crippen molar-refractivity contribution in [3.05, 3.63) is 34.4 Å². The van der Waals surface area contributed by atoms with Crippen LogP contribution in [0.2, 0.25) is 0 Å². The van der Waals surface area contributed by atoms with Gasteiger partial charge < -0.3 is 9.80 Å². The monoisotopic (exact) mass is 333 g/mol. The number of hydrogen-bond donors (Lipinski definition) is 0. The fourth-order valence-corrected chi connectivity index (χ4v) is 3.34. The van der Waals surface area contributed by atoms with Gasteiger partial charge in [0.15, 0.2) is 0 Å². The first kappa shape index (κ1) is 13.8. The smallest absolute Gasteiger partial charge is 0.0867 e. The fraction of sp³-hybridized carbons (Fsp3) is 0.438. The van der Waals surface area contributed by atoms with E-state index in [-0.39, 0.29) is 0 Å². The zero-order valence-electron chi connectivity index (χ0n) is 12.1. The van der Waals surface area contributed by atoms with Crippen LogP contribution >= 0.6 is 15.9 Å². The molecular formula is C16H20BrN3. The molecule has 106 valence electrons. The van der Waals surface area contributed by atoms with Crippen molar-refractivity contribution in [3.8, 4) is 0 Å². The largest absolute Gasteiger partial charge is 0.368 e. The zero-order chi connectivity index (χ0) is 14.1. The van der Waals surface area contributed by atoms with E-state index in [1.807, 2.05) is 0 Å². The highest BCUT2D eigenvalue weighted by Gasteiger charge is 2.18. The van der Waals surface area contributed by atoms with Crippen molar-refractivity contribution in [1.82, 2.24) is 9.88 Å². The van der Waals surface area contributed by atoms with Gasteiger partial charge >= 0.3 is 0 Å². The Hall–Kier alpha value is -1.13. The number of nitrogens with zero attached hydrogens (tertiary/aromatic N) is 3. The molecule has 1 aromatic heterocycles. The summed E-state index contributed by atoms with van der Waals surface area (Å²) in [5, 5.41) is 1.25. The zero-order valence-corrected chi connectivity index (χ0v) is 13.7. The molecule has 0 bridgehead atoms. The maximum atomic E-state index is 4.68. The molecule has 3 rings (SSSR count). The number of piperazine rings is 1. The van der Waals surface area contributed by atoms with Gasteiger partial charge in [-0.05, 0) is 41.5 Å². The summed E-state index contributed by atoms with van der Waals surface area (Å²) in [6.07, 6.45) is 0. The van der Waals surface area contributed by atoms with Gasteiger partial charge in [-0.15, -0.1) is 0 Å². The van der Waals surface area contributed by atoms with E-state index >= 15 is 0 Å². The lowest BCUT2D eigenvalue weighted by molar-refractivity contribution is 0.271. The van der Waals surface area contributed by atoms with Crippen molar-refractivity contribution in [2.24, 2.45) is 0 Å². The second-order valence-electron chi connectivity index (χ2n) is 5.34. The summed E-state index contributed by atoms with van der Waals surface area (Å²) in [6, 6.07) is 8.55. The first-order valence-corrected chi connectivity index (χ1v) is 8.01. The predicted octanol–water partition coefficient (Wildman–Crippen LogP) is 3.45. The van der Waals surface area contributed by atoms with E-state index in [0.717, 1.165) is 48.4 Å². The molecule has 1 aromatic carbocycles. The number of aryl methyl sites for hydroxylation is 1. The van der Waals surface area contributed by atoms with E-state index in [9.17, 15) is 0 Å². The summed E-state index contributed by atoms with van der Waals surface area (Å²) in [4.78, 5) is 9.68. The second kappa shape index (κ2) is 5.70. The van der Waals surface area contributed by atoms with Gasteiger partial charge in [0.25, 0.3) is 0 Å². The minimum absolute atomic E-state index is 1.07. The highest BCUT2D eigenvalue weighted by atomic mass is 79.9. The van der Waals surface area contributed by atoms with Crippen LogP contribution in [-0.4, -0.2) is 42.6 Å². The summed E-state index contributed by atoms with van der Waals surface area (Å²) in [7, 11) is 0. The maximum Gasteiger partial charge on any atom is 0.0867 e. The molecule has 0 saturated carbocycles.